The molecule has 0 aliphatic rings. The Morgan fingerprint density at radius 2 is 1.21 bits per heavy atom. The Morgan fingerprint density at radius 3 is 1.66 bits per heavy atom. The van der Waals surface area contributed by atoms with Gasteiger partial charge in [-0.15, -0.1) is 22.7 Å². The quantitative estimate of drug-likeness (QED) is 0.278. The van der Waals surface area contributed by atoms with Gasteiger partial charge >= 0.3 is 0 Å². The molecule has 0 unspecified atom stereocenters. The minimum absolute atomic E-state index is 1.11. The van der Waals surface area contributed by atoms with Crippen LogP contribution in [0.4, 0.5) is 0 Å². The first kappa shape index (κ1) is 19.4. The molecule has 0 aliphatic heterocycles. The molecule has 0 radical (unpaired) electrons. The molecule has 142 valence electrons. The van der Waals surface area contributed by atoms with Crippen LogP contribution < -0.4 is 0 Å². The fourth-order valence-corrected chi connectivity index (χ4v) is 5.66. The standard InChI is InChI=1S/C27H22S2/c1-5-9-11-19(8-4)25-17-23-13-21-14-26-22(12-20(21)15-27(23)29-25)16-24(28-26)18(7-3)10-6-2/h5-17H,2-4H2,1H3/b9-5-,18-10+,19-11+. The zero-order valence-corrected chi connectivity index (χ0v) is 18.1. The lowest BCUT2D eigenvalue weighted by Gasteiger charge is -1.99. The van der Waals surface area contributed by atoms with E-state index >= 15 is 0 Å². The SMILES string of the molecule is C=C/C=C(\C=C)c1cc2cc3cc4sc(/C(C=C)=C/C=C\C)cc4cc3cc2s1. The monoisotopic (exact) mass is 410 g/mol. The third kappa shape index (κ3) is 3.69. The van der Waals surface area contributed by atoms with E-state index in [1.165, 1.54) is 40.7 Å². The van der Waals surface area contributed by atoms with Crippen molar-refractivity contribution in [3.63, 3.8) is 0 Å². The molecule has 4 rings (SSSR count). The second-order valence-electron chi connectivity index (χ2n) is 6.76. The molecule has 2 heteroatoms. The molecule has 0 bridgehead atoms. The average Bonchev–Trinajstić information content (AvgIpc) is 3.32. The average molecular weight is 411 g/mol. The number of allylic oxidation sites excluding steroid dienone is 9. The molecular weight excluding hydrogens is 388 g/mol. The Kier molecular flexibility index (Phi) is 5.48. The molecule has 29 heavy (non-hydrogen) atoms. The molecule has 0 saturated heterocycles. The molecule has 0 fully saturated rings. The van der Waals surface area contributed by atoms with Crippen LogP contribution in [0.3, 0.4) is 0 Å². The third-order valence-corrected chi connectivity index (χ3v) is 7.18. The van der Waals surface area contributed by atoms with Crippen molar-refractivity contribution < 1.29 is 0 Å². The topological polar surface area (TPSA) is 0 Å². The zero-order valence-electron chi connectivity index (χ0n) is 16.4. The summed E-state index contributed by atoms with van der Waals surface area (Å²) in [5, 5.41) is 5.09. The van der Waals surface area contributed by atoms with Gasteiger partial charge in [0.05, 0.1) is 0 Å². The van der Waals surface area contributed by atoms with E-state index in [2.05, 4.69) is 68.3 Å². The van der Waals surface area contributed by atoms with Crippen molar-refractivity contribution in [3.05, 3.63) is 108 Å². The Labute approximate surface area is 179 Å². The van der Waals surface area contributed by atoms with E-state index in [0.717, 1.165) is 11.1 Å². The predicted molar refractivity (Wildman–Crippen MR) is 136 cm³/mol. The Balaban J connectivity index is 1.86. The van der Waals surface area contributed by atoms with Crippen LogP contribution in [-0.2, 0) is 0 Å². The maximum Gasteiger partial charge on any atom is 0.0355 e. The predicted octanol–water partition coefficient (Wildman–Crippen LogP) is 9.17. The van der Waals surface area contributed by atoms with Gasteiger partial charge in [0.2, 0.25) is 0 Å². The lowest BCUT2D eigenvalue weighted by molar-refractivity contribution is 1.73. The van der Waals surface area contributed by atoms with Crippen LogP contribution in [0.2, 0.25) is 0 Å². The van der Waals surface area contributed by atoms with E-state index in [0.29, 0.717) is 0 Å². The second kappa shape index (κ2) is 8.20. The van der Waals surface area contributed by atoms with Crippen LogP contribution in [0.15, 0.2) is 98.7 Å². The summed E-state index contributed by atoms with van der Waals surface area (Å²) in [5.41, 5.74) is 2.27. The summed E-state index contributed by atoms with van der Waals surface area (Å²) in [6, 6.07) is 13.7. The van der Waals surface area contributed by atoms with Crippen LogP contribution in [0.25, 0.3) is 42.1 Å². The molecule has 0 N–H and O–H groups in total. The molecule has 0 saturated carbocycles. The van der Waals surface area contributed by atoms with Crippen molar-refractivity contribution in [1.29, 1.82) is 0 Å². The summed E-state index contributed by atoms with van der Waals surface area (Å²) >= 11 is 3.61. The van der Waals surface area contributed by atoms with E-state index in [9.17, 15) is 0 Å². The van der Waals surface area contributed by atoms with Gasteiger partial charge in [0.1, 0.15) is 0 Å². The summed E-state index contributed by atoms with van der Waals surface area (Å²) in [4.78, 5) is 2.47. The molecular formula is C27H22S2. The molecule has 0 amide bonds. The van der Waals surface area contributed by atoms with Gasteiger partial charge in [0.25, 0.3) is 0 Å². The number of hydrogen-bond acceptors (Lipinski definition) is 2. The smallest absolute Gasteiger partial charge is 0.0355 e. The molecule has 0 spiro atoms. The first-order valence-electron chi connectivity index (χ1n) is 9.49. The number of benzene rings is 2. The minimum atomic E-state index is 1.11. The highest BCUT2D eigenvalue weighted by atomic mass is 32.1. The molecule has 4 aromatic rings. The highest BCUT2D eigenvalue weighted by Gasteiger charge is 2.09. The summed E-state index contributed by atoms with van der Waals surface area (Å²) in [6.07, 6.45) is 13.8. The van der Waals surface area contributed by atoms with E-state index in [1.807, 2.05) is 48.6 Å². The lowest BCUT2D eigenvalue weighted by atomic mass is 10.1. The first-order valence-corrected chi connectivity index (χ1v) is 11.1. The molecule has 2 aromatic carbocycles. The highest BCUT2D eigenvalue weighted by molar-refractivity contribution is 7.20. The van der Waals surface area contributed by atoms with Gasteiger partial charge < -0.3 is 0 Å². The van der Waals surface area contributed by atoms with Gasteiger partial charge in [-0.2, -0.15) is 0 Å². The lowest BCUT2D eigenvalue weighted by Crippen LogP contribution is -1.73. The molecule has 0 atom stereocenters. The summed E-state index contributed by atoms with van der Waals surface area (Å²) in [7, 11) is 0. The van der Waals surface area contributed by atoms with Crippen LogP contribution >= 0.6 is 22.7 Å². The Hall–Kier alpha value is -2.94. The van der Waals surface area contributed by atoms with Crippen molar-refractivity contribution >= 4 is 64.8 Å². The highest BCUT2D eigenvalue weighted by Crippen LogP contribution is 2.38. The molecule has 0 nitrogen and oxygen atoms in total. The van der Waals surface area contributed by atoms with Crippen LogP contribution in [-0.4, -0.2) is 0 Å². The summed E-state index contributed by atoms with van der Waals surface area (Å²) in [6.45, 7) is 13.7. The van der Waals surface area contributed by atoms with Crippen molar-refractivity contribution in [2.24, 2.45) is 0 Å². The van der Waals surface area contributed by atoms with Gasteiger partial charge in [0.15, 0.2) is 0 Å². The Bertz CT molecular complexity index is 1280. The van der Waals surface area contributed by atoms with Gasteiger partial charge in [-0.25, -0.2) is 0 Å². The van der Waals surface area contributed by atoms with Gasteiger partial charge in [-0.3, -0.25) is 0 Å². The van der Waals surface area contributed by atoms with E-state index in [4.69, 9.17) is 0 Å². The van der Waals surface area contributed by atoms with Crippen molar-refractivity contribution in [2.45, 2.75) is 6.92 Å². The van der Waals surface area contributed by atoms with Crippen LogP contribution in [0, 0.1) is 0 Å². The minimum Gasteiger partial charge on any atom is -0.135 e. The Morgan fingerprint density at radius 1 is 0.690 bits per heavy atom. The van der Waals surface area contributed by atoms with Gasteiger partial charge in [-0.1, -0.05) is 62.3 Å². The van der Waals surface area contributed by atoms with Crippen molar-refractivity contribution in [3.8, 4) is 0 Å². The van der Waals surface area contributed by atoms with E-state index < -0.39 is 0 Å². The molecule has 2 heterocycles. The third-order valence-electron chi connectivity index (χ3n) is 4.89. The summed E-state index contributed by atoms with van der Waals surface area (Å²) in [5.74, 6) is 0. The molecule has 0 aliphatic carbocycles. The molecule has 2 aromatic heterocycles. The zero-order chi connectivity index (χ0) is 20.4. The maximum absolute atomic E-state index is 3.98. The van der Waals surface area contributed by atoms with Crippen molar-refractivity contribution in [1.82, 2.24) is 0 Å². The van der Waals surface area contributed by atoms with E-state index in [1.54, 1.807) is 11.3 Å². The number of fused-ring (bicyclic) bond motifs is 3. The van der Waals surface area contributed by atoms with Crippen LogP contribution in [0.1, 0.15) is 16.7 Å². The normalized spacial score (nSPS) is 13.0. The number of thiophene rings is 2. The van der Waals surface area contributed by atoms with E-state index in [-0.39, 0.29) is 0 Å². The van der Waals surface area contributed by atoms with Crippen LogP contribution in [0.5, 0.6) is 0 Å². The van der Waals surface area contributed by atoms with Gasteiger partial charge in [0, 0.05) is 19.2 Å². The number of hydrogen-bond donors (Lipinski definition) is 0. The number of rotatable bonds is 6. The van der Waals surface area contributed by atoms with Crippen molar-refractivity contribution in [2.75, 3.05) is 0 Å². The first-order chi connectivity index (χ1) is 14.2. The van der Waals surface area contributed by atoms with Gasteiger partial charge in [-0.05, 0) is 76.0 Å². The fourth-order valence-electron chi connectivity index (χ4n) is 3.44. The summed E-state index contributed by atoms with van der Waals surface area (Å²) < 4.78 is 2.59. The maximum atomic E-state index is 3.98. The fraction of sp³-hybridized carbons (Fsp3) is 0.0370. The largest absolute Gasteiger partial charge is 0.135 e. The second-order valence-corrected chi connectivity index (χ2v) is 8.93.